The number of halogens is 2. The second-order valence-corrected chi connectivity index (χ2v) is 10.6. The number of nitrogens with one attached hydrogen (secondary N) is 1. The summed E-state index contributed by atoms with van der Waals surface area (Å²) in [6.07, 6.45) is 0.929. The van der Waals surface area contributed by atoms with E-state index in [1.165, 1.54) is 0 Å². The summed E-state index contributed by atoms with van der Waals surface area (Å²) < 4.78 is 59.7. The average Bonchev–Trinajstić information content (AvgIpc) is 3.40. The highest BCUT2D eigenvalue weighted by Gasteiger charge is 2.41. The number of hydrogen-bond donors (Lipinski definition) is 2. The summed E-state index contributed by atoms with van der Waals surface area (Å²) in [5.74, 6) is -1.30. The van der Waals surface area contributed by atoms with Crippen molar-refractivity contribution >= 4 is 16.1 Å². The Morgan fingerprint density at radius 2 is 2.03 bits per heavy atom. The Morgan fingerprint density at radius 1 is 1.25 bits per heavy atom. The molecule has 3 atom stereocenters. The molecule has 1 aromatic carbocycles. The summed E-state index contributed by atoms with van der Waals surface area (Å²) in [6.45, 7) is 1.03. The summed E-state index contributed by atoms with van der Waals surface area (Å²) in [6, 6.07) is 2.01. The largest absolute Gasteiger partial charge is 0.465 e. The fourth-order valence-electron chi connectivity index (χ4n) is 4.46. The minimum Gasteiger partial charge on any atom is -0.465 e. The van der Waals surface area contributed by atoms with Crippen LogP contribution in [0.3, 0.4) is 0 Å². The number of nitrogens with zero attached hydrogens (tertiary/aromatic N) is 3. The molecule has 0 radical (unpaired) electrons. The first kappa shape index (κ1) is 21.3. The Bertz CT molecular complexity index is 1140. The third-order valence-electron chi connectivity index (χ3n) is 6.24. The van der Waals surface area contributed by atoms with Gasteiger partial charge >= 0.3 is 6.09 Å². The fraction of sp³-hybridized carbons (Fsp3) is 0.500. The number of ether oxygens (including phenoxy) is 1. The molecule has 1 aliphatic carbocycles. The van der Waals surface area contributed by atoms with Crippen LogP contribution in [0, 0.1) is 11.6 Å². The molecule has 9 nitrogen and oxygen atoms in total. The molecule has 3 heterocycles. The van der Waals surface area contributed by atoms with E-state index in [4.69, 9.17) is 4.74 Å². The molecule has 172 valence electrons. The van der Waals surface area contributed by atoms with Gasteiger partial charge in [-0.2, -0.15) is 9.19 Å². The smallest absolute Gasteiger partial charge is 0.404 e. The van der Waals surface area contributed by atoms with Crippen LogP contribution < -0.4 is 5.32 Å². The van der Waals surface area contributed by atoms with E-state index < -0.39 is 39.9 Å². The molecule has 5 rings (SSSR count). The highest BCUT2D eigenvalue weighted by atomic mass is 32.2. The van der Waals surface area contributed by atoms with Gasteiger partial charge in [0.05, 0.1) is 23.6 Å². The van der Waals surface area contributed by atoms with Gasteiger partial charge in [-0.15, -0.1) is 0 Å². The lowest BCUT2D eigenvalue weighted by Crippen LogP contribution is -2.51. The van der Waals surface area contributed by atoms with Crippen molar-refractivity contribution in [1.29, 1.82) is 0 Å². The molecule has 2 N–H and O–H groups in total. The van der Waals surface area contributed by atoms with Gasteiger partial charge in [0.25, 0.3) is 10.0 Å². The van der Waals surface area contributed by atoms with Crippen molar-refractivity contribution < 1.29 is 31.8 Å². The van der Waals surface area contributed by atoms with Crippen molar-refractivity contribution in [3.05, 3.63) is 52.9 Å². The second kappa shape index (κ2) is 7.78. The molecule has 0 unspecified atom stereocenters. The standard InChI is InChI=1S/C20H22F2N4O5S/c21-12-1-4-16(22)15(5-12)19-17(23-20(27)28)6-13(10-31-19)25-7-11-8-26(24-18(11)9-25)32(29,30)14-2-3-14/h1,4-5,8,13-14,17,19,23H,2-3,6-7,9-10H2,(H,27,28)/t13-,17+,19-/m1/s1. The molecule has 2 fully saturated rings. The maximum absolute atomic E-state index is 14.3. The average molecular weight is 468 g/mol. The Hall–Kier alpha value is -2.57. The SMILES string of the molecule is O=C(O)N[C@H]1C[C@@H](N2Cc3cn(S(=O)(=O)C4CC4)nc3C2)CO[C@@H]1c1cc(F)ccc1F. The van der Waals surface area contributed by atoms with Crippen molar-refractivity contribution in [2.24, 2.45) is 0 Å². The molecule has 2 aromatic rings. The van der Waals surface area contributed by atoms with E-state index in [1.54, 1.807) is 6.20 Å². The van der Waals surface area contributed by atoms with Gasteiger partial charge in [0.15, 0.2) is 0 Å². The molecular formula is C20H22F2N4O5S. The zero-order chi connectivity index (χ0) is 22.6. The summed E-state index contributed by atoms with van der Waals surface area (Å²) in [4.78, 5) is 13.4. The zero-order valence-corrected chi connectivity index (χ0v) is 17.8. The monoisotopic (exact) mass is 468 g/mol. The molecule has 1 aromatic heterocycles. The maximum Gasteiger partial charge on any atom is 0.404 e. The van der Waals surface area contributed by atoms with Crippen LogP contribution in [-0.2, 0) is 27.8 Å². The first-order valence-corrected chi connectivity index (χ1v) is 11.8. The molecule has 3 aliphatic rings. The van der Waals surface area contributed by atoms with Gasteiger partial charge in [0.2, 0.25) is 0 Å². The number of benzene rings is 1. The topological polar surface area (TPSA) is 114 Å². The van der Waals surface area contributed by atoms with E-state index in [0.29, 0.717) is 38.0 Å². The van der Waals surface area contributed by atoms with Crippen molar-refractivity contribution in [1.82, 2.24) is 19.4 Å². The van der Waals surface area contributed by atoms with Gasteiger partial charge in [-0.05, 0) is 37.5 Å². The Morgan fingerprint density at radius 3 is 2.72 bits per heavy atom. The van der Waals surface area contributed by atoms with Crippen LogP contribution in [0.25, 0.3) is 0 Å². The van der Waals surface area contributed by atoms with E-state index in [2.05, 4.69) is 10.4 Å². The molecule has 12 heteroatoms. The van der Waals surface area contributed by atoms with Crippen LogP contribution in [0.1, 0.15) is 42.2 Å². The third kappa shape index (κ3) is 3.86. The quantitative estimate of drug-likeness (QED) is 0.690. The van der Waals surface area contributed by atoms with Crippen molar-refractivity contribution in [2.45, 2.75) is 55.8 Å². The Balaban J connectivity index is 1.31. The molecule has 32 heavy (non-hydrogen) atoms. The van der Waals surface area contributed by atoms with E-state index >= 15 is 0 Å². The van der Waals surface area contributed by atoms with E-state index in [1.807, 2.05) is 4.90 Å². The normalized spacial score (nSPS) is 26.1. The van der Waals surface area contributed by atoms with Gasteiger partial charge in [0, 0.05) is 36.5 Å². The molecule has 0 spiro atoms. The first-order valence-electron chi connectivity index (χ1n) is 10.3. The zero-order valence-electron chi connectivity index (χ0n) is 16.9. The van der Waals surface area contributed by atoms with Crippen LogP contribution in [-0.4, -0.2) is 57.6 Å². The second-order valence-electron chi connectivity index (χ2n) is 8.49. The number of amides is 1. The van der Waals surface area contributed by atoms with E-state index in [-0.39, 0.29) is 23.5 Å². The number of aromatic nitrogens is 2. The van der Waals surface area contributed by atoms with E-state index in [0.717, 1.165) is 27.8 Å². The molecule has 1 saturated carbocycles. The van der Waals surface area contributed by atoms with Crippen LogP contribution in [0.4, 0.5) is 13.6 Å². The van der Waals surface area contributed by atoms with Gasteiger partial charge in [-0.25, -0.2) is 22.0 Å². The van der Waals surface area contributed by atoms with Crippen LogP contribution in [0.2, 0.25) is 0 Å². The summed E-state index contributed by atoms with van der Waals surface area (Å²) in [5.41, 5.74) is 1.43. The predicted octanol–water partition coefficient (Wildman–Crippen LogP) is 1.98. The maximum atomic E-state index is 14.3. The lowest BCUT2D eigenvalue weighted by atomic mass is 9.92. The number of rotatable bonds is 5. The van der Waals surface area contributed by atoms with E-state index in [9.17, 15) is 27.1 Å². The number of carbonyl (C=O) groups is 1. The molecule has 0 bridgehead atoms. The number of fused-ring (bicyclic) bond motifs is 1. The van der Waals surface area contributed by atoms with Crippen molar-refractivity contribution in [3.8, 4) is 0 Å². The van der Waals surface area contributed by atoms with Crippen LogP contribution >= 0.6 is 0 Å². The lowest BCUT2D eigenvalue weighted by Gasteiger charge is -2.40. The van der Waals surface area contributed by atoms with Gasteiger partial charge < -0.3 is 15.2 Å². The minimum absolute atomic E-state index is 0.0338. The van der Waals surface area contributed by atoms with Crippen molar-refractivity contribution in [3.63, 3.8) is 0 Å². The predicted molar refractivity (Wildman–Crippen MR) is 107 cm³/mol. The molecular weight excluding hydrogens is 446 g/mol. The molecule has 1 saturated heterocycles. The minimum atomic E-state index is -3.43. The number of carboxylic acid groups (broad SMARTS) is 1. The highest BCUT2D eigenvalue weighted by molar-refractivity contribution is 7.90. The lowest BCUT2D eigenvalue weighted by molar-refractivity contribution is -0.0602. The van der Waals surface area contributed by atoms with Crippen molar-refractivity contribution in [2.75, 3.05) is 6.61 Å². The summed E-state index contributed by atoms with van der Waals surface area (Å²) in [7, 11) is -3.43. The number of hydrogen-bond acceptors (Lipinski definition) is 6. The van der Waals surface area contributed by atoms with Crippen LogP contribution in [0.15, 0.2) is 24.4 Å². The van der Waals surface area contributed by atoms with Crippen LogP contribution in [0.5, 0.6) is 0 Å². The van der Waals surface area contributed by atoms with Gasteiger partial charge in [-0.3, -0.25) is 4.90 Å². The summed E-state index contributed by atoms with van der Waals surface area (Å²) >= 11 is 0. The van der Waals surface area contributed by atoms with Gasteiger partial charge in [-0.1, -0.05) is 0 Å². The Labute approximate surface area is 183 Å². The Kier molecular flexibility index (Phi) is 5.18. The van der Waals surface area contributed by atoms with Gasteiger partial charge in [0.1, 0.15) is 17.7 Å². The third-order valence-corrected chi connectivity index (χ3v) is 8.26. The molecule has 1 amide bonds. The molecule has 2 aliphatic heterocycles. The fourth-order valence-corrected chi connectivity index (χ4v) is 5.99. The summed E-state index contributed by atoms with van der Waals surface area (Å²) in [5, 5.41) is 15.5. The first-order chi connectivity index (χ1) is 15.2. The highest BCUT2D eigenvalue weighted by Crippen LogP contribution is 2.36.